The summed E-state index contributed by atoms with van der Waals surface area (Å²) in [4.78, 5) is 13.5. The van der Waals surface area contributed by atoms with Crippen molar-refractivity contribution in [1.82, 2.24) is 4.90 Å². The normalized spacial score (nSPS) is 10.5. The predicted molar refractivity (Wildman–Crippen MR) is 75.1 cm³/mol. The average molecular weight is 266 g/mol. The van der Waals surface area contributed by atoms with Gasteiger partial charge >= 0.3 is 5.97 Å². The molecule has 0 radical (unpaired) electrons. The fourth-order valence-electron chi connectivity index (χ4n) is 1.50. The second kappa shape index (κ2) is 8.37. The molecule has 0 aliphatic heterocycles. The molecule has 0 saturated heterocycles. The van der Waals surface area contributed by atoms with Gasteiger partial charge in [0.1, 0.15) is 5.75 Å². The van der Waals surface area contributed by atoms with Crippen LogP contribution in [0.2, 0.25) is 0 Å². The number of anilines is 1. The van der Waals surface area contributed by atoms with Crippen molar-refractivity contribution in [1.29, 1.82) is 0 Å². The summed E-state index contributed by atoms with van der Waals surface area (Å²) in [6, 6.07) is 7.21. The Morgan fingerprint density at radius 3 is 2.68 bits per heavy atom. The van der Waals surface area contributed by atoms with Crippen molar-refractivity contribution in [2.45, 2.75) is 12.8 Å². The largest absolute Gasteiger partial charge is 0.491 e. The summed E-state index contributed by atoms with van der Waals surface area (Å²) >= 11 is 0. The van der Waals surface area contributed by atoms with Gasteiger partial charge in [0.2, 0.25) is 0 Å². The Bertz CT molecular complexity index is 394. The predicted octanol–water partition coefficient (Wildman–Crippen LogP) is 1.53. The third-order valence-corrected chi connectivity index (χ3v) is 2.50. The van der Waals surface area contributed by atoms with Gasteiger partial charge in [0, 0.05) is 6.54 Å². The van der Waals surface area contributed by atoms with Crippen LogP contribution in [-0.4, -0.2) is 44.7 Å². The lowest BCUT2D eigenvalue weighted by molar-refractivity contribution is -0.144. The van der Waals surface area contributed by atoms with Crippen LogP contribution in [0, 0.1) is 0 Å². The summed E-state index contributed by atoms with van der Waals surface area (Å²) in [5, 5.41) is 0. The third-order valence-electron chi connectivity index (χ3n) is 2.50. The first kappa shape index (κ1) is 15.3. The first-order chi connectivity index (χ1) is 9.09. The minimum Gasteiger partial charge on any atom is -0.491 e. The second-order valence-corrected chi connectivity index (χ2v) is 4.51. The van der Waals surface area contributed by atoms with Crippen molar-refractivity contribution in [3.8, 4) is 5.75 Å². The molecule has 0 atom stereocenters. The number of benzene rings is 1. The molecule has 0 unspecified atom stereocenters. The van der Waals surface area contributed by atoms with E-state index in [4.69, 9.17) is 15.2 Å². The molecule has 19 heavy (non-hydrogen) atoms. The molecule has 0 aromatic heterocycles. The molecule has 0 fully saturated rings. The van der Waals surface area contributed by atoms with Crippen LogP contribution in [0.25, 0.3) is 0 Å². The molecule has 0 saturated carbocycles. The Morgan fingerprint density at radius 1 is 1.26 bits per heavy atom. The highest BCUT2D eigenvalue weighted by molar-refractivity contribution is 5.69. The van der Waals surface area contributed by atoms with Crippen LogP contribution in [0.3, 0.4) is 0 Å². The second-order valence-electron chi connectivity index (χ2n) is 4.51. The van der Waals surface area contributed by atoms with Crippen molar-refractivity contribution >= 4 is 11.7 Å². The standard InChI is InChI=1S/C14H22N2O3/c1-16(2)9-5-10-19-14(17)8-11-18-13-7-4-3-6-12(13)15/h3-4,6-7H,5,8-11,15H2,1-2H3. The van der Waals surface area contributed by atoms with Gasteiger partial charge in [-0.15, -0.1) is 0 Å². The van der Waals surface area contributed by atoms with E-state index in [1.165, 1.54) is 0 Å². The van der Waals surface area contributed by atoms with E-state index in [0.29, 0.717) is 18.0 Å². The van der Waals surface area contributed by atoms with Gasteiger partial charge in [-0.05, 0) is 32.6 Å². The lowest BCUT2D eigenvalue weighted by Gasteiger charge is -2.10. The first-order valence-electron chi connectivity index (χ1n) is 6.37. The number of carbonyl (C=O) groups excluding carboxylic acids is 1. The van der Waals surface area contributed by atoms with Gasteiger partial charge in [0.15, 0.2) is 0 Å². The van der Waals surface area contributed by atoms with Crippen molar-refractivity contribution in [2.75, 3.05) is 39.6 Å². The number of nitrogens with zero attached hydrogens (tertiary/aromatic N) is 1. The minimum absolute atomic E-state index is 0.232. The van der Waals surface area contributed by atoms with Crippen molar-refractivity contribution < 1.29 is 14.3 Å². The SMILES string of the molecule is CN(C)CCCOC(=O)CCOc1ccccc1N. The molecule has 1 aromatic carbocycles. The molecule has 1 aromatic rings. The van der Waals surface area contributed by atoms with Crippen LogP contribution < -0.4 is 10.5 Å². The molecule has 0 bridgehead atoms. The molecule has 5 heteroatoms. The molecule has 106 valence electrons. The molecule has 0 amide bonds. The van der Waals surface area contributed by atoms with E-state index in [2.05, 4.69) is 4.90 Å². The number of ether oxygens (including phenoxy) is 2. The van der Waals surface area contributed by atoms with Crippen LogP contribution in [0.5, 0.6) is 5.75 Å². The van der Waals surface area contributed by atoms with Gasteiger partial charge in [0.25, 0.3) is 0 Å². The van der Waals surface area contributed by atoms with E-state index in [0.717, 1.165) is 13.0 Å². The lowest BCUT2D eigenvalue weighted by atomic mass is 10.3. The monoisotopic (exact) mass is 266 g/mol. The van der Waals surface area contributed by atoms with E-state index in [9.17, 15) is 4.79 Å². The van der Waals surface area contributed by atoms with E-state index < -0.39 is 0 Å². The van der Waals surface area contributed by atoms with Gasteiger partial charge in [-0.1, -0.05) is 12.1 Å². The molecular weight excluding hydrogens is 244 g/mol. The summed E-state index contributed by atoms with van der Waals surface area (Å²) in [7, 11) is 3.97. The highest BCUT2D eigenvalue weighted by atomic mass is 16.5. The zero-order chi connectivity index (χ0) is 14.1. The number of hydrogen-bond donors (Lipinski definition) is 1. The first-order valence-corrected chi connectivity index (χ1v) is 6.37. The van der Waals surface area contributed by atoms with Gasteiger partial charge in [-0.25, -0.2) is 0 Å². The molecule has 0 aliphatic rings. The fraction of sp³-hybridized carbons (Fsp3) is 0.500. The third kappa shape index (κ3) is 6.67. The van der Waals surface area contributed by atoms with Gasteiger partial charge < -0.3 is 20.1 Å². The Balaban J connectivity index is 2.12. The quantitative estimate of drug-likeness (QED) is 0.439. The number of nitrogens with two attached hydrogens (primary N) is 1. The van der Waals surface area contributed by atoms with Gasteiger partial charge in [-0.3, -0.25) is 4.79 Å². The summed E-state index contributed by atoms with van der Waals surface area (Å²) in [6.45, 7) is 1.63. The topological polar surface area (TPSA) is 64.8 Å². The number of hydrogen-bond acceptors (Lipinski definition) is 5. The molecule has 1 rings (SSSR count). The highest BCUT2D eigenvalue weighted by Crippen LogP contribution is 2.19. The molecule has 5 nitrogen and oxygen atoms in total. The van der Waals surface area contributed by atoms with Crippen molar-refractivity contribution in [3.05, 3.63) is 24.3 Å². The Hall–Kier alpha value is -1.75. The van der Waals surface area contributed by atoms with Gasteiger partial charge in [0.05, 0.1) is 25.3 Å². The molecule has 0 spiro atoms. The Morgan fingerprint density at radius 2 is 2.00 bits per heavy atom. The molecule has 2 N–H and O–H groups in total. The van der Waals surface area contributed by atoms with Crippen LogP contribution in [0.15, 0.2) is 24.3 Å². The number of rotatable bonds is 8. The fourth-order valence-corrected chi connectivity index (χ4v) is 1.50. The number of nitrogen functional groups attached to an aromatic ring is 1. The van der Waals surface area contributed by atoms with E-state index in [1.54, 1.807) is 12.1 Å². The van der Waals surface area contributed by atoms with E-state index in [1.807, 2.05) is 26.2 Å². The van der Waals surface area contributed by atoms with Crippen LogP contribution in [-0.2, 0) is 9.53 Å². The number of carbonyl (C=O) groups is 1. The minimum atomic E-state index is -0.242. The van der Waals surface area contributed by atoms with Crippen LogP contribution in [0.1, 0.15) is 12.8 Å². The average Bonchev–Trinajstić information content (AvgIpc) is 2.37. The summed E-state index contributed by atoms with van der Waals surface area (Å²) in [5.41, 5.74) is 6.29. The van der Waals surface area contributed by atoms with Crippen LogP contribution >= 0.6 is 0 Å². The lowest BCUT2D eigenvalue weighted by Crippen LogP contribution is -2.17. The number of esters is 1. The Kier molecular flexibility index (Phi) is 6.74. The van der Waals surface area contributed by atoms with Crippen molar-refractivity contribution in [3.63, 3.8) is 0 Å². The zero-order valence-corrected chi connectivity index (χ0v) is 11.6. The maximum Gasteiger partial charge on any atom is 0.309 e. The molecular formula is C14H22N2O3. The van der Waals surface area contributed by atoms with Crippen LogP contribution in [0.4, 0.5) is 5.69 Å². The van der Waals surface area contributed by atoms with Gasteiger partial charge in [-0.2, -0.15) is 0 Å². The van der Waals surface area contributed by atoms with E-state index >= 15 is 0 Å². The summed E-state index contributed by atoms with van der Waals surface area (Å²) < 4.78 is 10.5. The highest BCUT2D eigenvalue weighted by Gasteiger charge is 2.04. The zero-order valence-electron chi connectivity index (χ0n) is 11.6. The Labute approximate surface area is 114 Å². The molecule has 0 aliphatic carbocycles. The smallest absolute Gasteiger partial charge is 0.309 e. The summed E-state index contributed by atoms with van der Waals surface area (Å²) in [5.74, 6) is 0.358. The van der Waals surface area contributed by atoms with E-state index in [-0.39, 0.29) is 19.0 Å². The summed E-state index contributed by atoms with van der Waals surface area (Å²) in [6.07, 6.45) is 1.07. The molecule has 0 heterocycles. The number of para-hydroxylation sites is 2. The van der Waals surface area contributed by atoms with Crippen molar-refractivity contribution in [2.24, 2.45) is 0 Å². The maximum absolute atomic E-state index is 11.4. The maximum atomic E-state index is 11.4.